The highest BCUT2D eigenvalue weighted by Crippen LogP contribution is 2.34. The molecule has 0 saturated carbocycles. The van der Waals surface area contributed by atoms with E-state index < -0.39 is 0 Å². The summed E-state index contributed by atoms with van der Waals surface area (Å²) in [6, 6.07) is 11.2. The zero-order valence-corrected chi connectivity index (χ0v) is 17.2. The van der Waals surface area contributed by atoms with Crippen LogP contribution in [0, 0.1) is 7.14 Å². The summed E-state index contributed by atoms with van der Waals surface area (Å²) in [5.74, 6) is 1.10. The molecule has 122 valence electrons. The molecule has 0 atom stereocenters. The van der Waals surface area contributed by atoms with Crippen molar-refractivity contribution in [2.75, 3.05) is 18.5 Å². The summed E-state index contributed by atoms with van der Waals surface area (Å²) in [5, 5.41) is 2.89. The molecule has 4 nitrogen and oxygen atoms in total. The number of nitrogens with one attached hydrogen (secondary N) is 1. The van der Waals surface area contributed by atoms with E-state index in [9.17, 15) is 4.79 Å². The third-order valence-corrected chi connectivity index (χ3v) is 4.48. The molecule has 2 aromatic rings. The van der Waals surface area contributed by atoms with Gasteiger partial charge in [-0.15, -0.1) is 0 Å². The average Bonchev–Trinajstić information content (AvgIpc) is 2.53. The molecular weight excluding hydrogens is 520 g/mol. The average molecular weight is 537 g/mol. The first-order chi connectivity index (χ1) is 11.0. The van der Waals surface area contributed by atoms with E-state index >= 15 is 0 Å². The van der Waals surface area contributed by atoms with Crippen LogP contribution in [0.3, 0.4) is 0 Å². The van der Waals surface area contributed by atoms with E-state index in [1.807, 2.05) is 38.1 Å². The van der Waals surface area contributed by atoms with Crippen molar-refractivity contribution >= 4 is 56.8 Å². The van der Waals surface area contributed by atoms with Gasteiger partial charge in [0.2, 0.25) is 0 Å². The van der Waals surface area contributed by atoms with Gasteiger partial charge < -0.3 is 14.8 Å². The highest BCUT2D eigenvalue weighted by molar-refractivity contribution is 14.1. The van der Waals surface area contributed by atoms with Gasteiger partial charge in [-0.3, -0.25) is 4.79 Å². The molecule has 6 heteroatoms. The Labute approximate surface area is 163 Å². The number of hydrogen-bond acceptors (Lipinski definition) is 3. The number of anilines is 1. The molecule has 0 aliphatic rings. The van der Waals surface area contributed by atoms with Crippen LogP contribution in [0.2, 0.25) is 0 Å². The van der Waals surface area contributed by atoms with Gasteiger partial charge in [0.05, 0.1) is 16.8 Å². The Morgan fingerprint density at radius 1 is 1.04 bits per heavy atom. The fourth-order valence-electron chi connectivity index (χ4n) is 1.98. The molecule has 0 heterocycles. The summed E-state index contributed by atoms with van der Waals surface area (Å²) in [7, 11) is 0. The summed E-state index contributed by atoms with van der Waals surface area (Å²) in [5.41, 5.74) is 1.30. The van der Waals surface area contributed by atoms with E-state index in [4.69, 9.17) is 9.47 Å². The molecule has 0 aliphatic heterocycles. The van der Waals surface area contributed by atoms with Crippen molar-refractivity contribution in [3.63, 3.8) is 0 Å². The Bertz CT molecular complexity index is 687. The molecule has 0 bridgehead atoms. The van der Waals surface area contributed by atoms with E-state index in [2.05, 4.69) is 50.5 Å². The molecule has 0 fully saturated rings. The topological polar surface area (TPSA) is 47.6 Å². The van der Waals surface area contributed by atoms with Gasteiger partial charge in [0.15, 0.2) is 11.5 Å². The summed E-state index contributed by atoms with van der Waals surface area (Å²) >= 11 is 4.38. The van der Waals surface area contributed by atoms with Crippen LogP contribution < -0.4 is 14.8 Å². The second kappa shape index (κ2) is 8.72. The van der Waals surface area contributed by atoms with Crippen LogP contribution >= 0.6 is 45.2 Å². The zero-order chi connectivity index (χ0) is 16.8. The molecule has 1 N–H and O–H groups in total. The predicted molar refractivity (Wildman–Crippen MR) is 109 cm³/mol. The fraction of sp³-hybridized carbons (Fsp3) is 0.235. The normalized spacial score (nSPS) is 10.3. The molecule has 23 heavy (non-hydrogen) atoms. The first-order valence-corrected chi connectivity index (χ1v) is 9.37. The van der Waals surface area contributed by atoms with E-state index in [0.29, 0.717) is 30.3 Å². The van der Waals surface area contributed by atoms with E-state index in [1.165, 1.54) is 0 Å². The maximum Gasteiger partial charge on any atom is 0.255 e. The van der Waals surface area contributed by atoms with Gasteiger partial charge in [-0.05, 0) is 95.4 Å². The van der Waals surface area contributed by atoms with Gasteiger partial charge in [-0.2, -0.15) is 0 Å². The van der Waals surface area contributed by atoms with Gasteiger partial charge >= 0.3 is 0 Å². The Balaban J connectivity index is 2.27. The van der Waals surface area contributed by atoms with Gasteiger partial charge in [-0.25, -0.2) is 0 Å². The molecule has 2 rings (SSSR count). The maximum absolute atomic E-state index is 12.5. The molecule has 1 amide bonds. The Morgan fingerprint density at radius 2 is 1.70 bits per heavy atom. The van der Waals surface area contributed by atoms with E-state index in [0.717, 1.165) is 12.8 Å². The lowest BCUT2D eigenvalue weighted by Gasteiger charge is -2.14. The van der Waals surface area contributed by atoms with Gasteiger partial charge in [0.1, 0.15) is 0 Å². The summed E-state index contributed by atoms with van der Waals surface area (Å²) in [4.78, 5) is 12.5. The number of carbonyl (C=O) groups is 1. The predicted octanol–water partition coefficient (Wildman–Crippen LogP) is 4.95. The quantitative estimate of drug-likeness (QED) is 0.532. The number of carbonyl (C=O) groups excluding carboxylic acids is 1. The number of amides is 1. The lowest BCUT2D eigenvalue weighted by molar-refractivity contribution is 0.102. The molecule has 0 unspecified atom stereocenters. The third kappa shape index (κ3) is 4.97. The highest BCUT2D eigenvalue weighted by atomic mass is 127. The summed E-state index contributed by atoms with van der Waals surface area (Å²) in [6.07, 6.45) is 0. The van der Waals surface area contributed by atoms with Crippen LogP contribution in [0.4, 0.5) is 5.69 Å². The van der Waals surface area contributed by atoms with Crippen LogP contribution in [0.1, 0.15) is 24.2 Å². The second-order valence-corrected chi connectivity index (χ2v) is 7.02. The van der Waals surface area contributed by atoms with Crippen LogP contribution in [0.25, 0.3) is 0 Å². The van der Waals surface area contributed by atoms with Crippen molar-refractivity contribution in [2.45, 2.75) is 13.8 Å². The smallest absolute Gasteiger partial charge is 0.255 e. The van der Waals surface area contributed by atoms with Crippen LogP contribution in [-0.2, 0) is 0 Å². The van der Waals surface area contributed by atoms with Gasteiger partial charge in [0, 0.05) is 14.8 Å². The standard InChI is InChI=1S/C17H17I2NO3/c1-3-22-15-10-11(9-14(19)16(15)23-4-2)17(21)20-13-7-5-12(18)6-8-13/h5-10H,3-4H2,1-2H3,(H,20,21). The van der Waals surface area contributed by atoms with Crippen molar-refractivity contribution in [2.24, 2.45) is 0 Å². The summed E-state index contributed by atoms with van der Waals surface area (Å²) < 4.78 is 13.2. The first kappa shape index (κ1) is 18.3. The highest BCUT2D eigenvalue weighted by Gasteiger charge is 2.16. The minimum absolute atomic E-state index is 0.173. The minimum Gasteiger partial charge on any atom is -0.490 e. The SMILES string of the molecule is CCOc1cc(C(=O)Nc2ccc(I)cc2)cc(I)c1OCC. The number of rotatable bonds is 6. The monoisotopic (exact) mass is 537 g/mol. The van der Waals surface area contributed by atoms with Crippen molar-refractivity contribution in [1.29, 1.82) is 0 Å². The molecule has 0 spiro atoms. The lowest BCUT2D eigenvalue weighted by atomic mass is 10.2. The number of ether oxygens (including phenoxy) is 2. The van der Waals surface area contributed by atoms with E-state index in [-0.39, 0.29) is 5.91 Å². The Kier molecular flexibility index (Phi) is 6.94. The first-order valence-electron chi connectivity index (χ1n) is 7.21. The summed E-state index contributed by atoms with van der Waals surface area (Å²) in [6.45, 7) is 4.88. The Hall–Kier alpha value is -1.03. The van der Waals surface area contributed by atoms with E-state index in [1.54, 1.807) is 12.1 Å². The molecule has 0 aromatic heterocycles. The minimum atomic E-state index is -0.173. The molecule has 2 aromatic carbocycles. The number of benzene rings is 2. The molecule has 0 radical (unpaired) electrons. The second-order valence-electron chi connectivity index (χ2n) is 4.61. The maximum atomic E-state index is 12.5. The number of hydrogen-bond donors (Lipinski definition) is 1. The lowest BCUT2D eigenvalue weighted by Crippen LogP contribution is -2.13. The zero-order valence-electron chi connectivity index (χ0n) is 12.9. The fourth-order valence-corrected chi connectivity index (χ4v) is 3.10. The van der Waals surface area contributed by atoms with Crippen molar-refractivity contribution in [3.05, 3.63) is 49.1 Å². The number of halogens is 2. The largest absolute Gasteiger partial charge is 0.490 e. The Morgan fingerprint density at radius 3 is 2.30 bits per heavy atom. The third-order valence-electron chi connectivity index (χ3n) is 2.96. The van der Waals surface area contributed by atoms with Crippen molar-refractivity contribution in [1.82, 2.24) is 0 Å². The van der Waals surface area contributed by atoms with Crippen LogP contribution in [0.5, 0.6) is 11.5 Å². The molecule has 0 aliphatic carbocycles. The molecule has 0 saturated heterocycles. The van der Waals surface area contributed by atoms with Crippen LogP contribution in [0.15, 0.2) is 36.4 Å². The molecular formula is C17H17I2NO3. The van der Waals surface area contributed by atoms with Crippen LogP contribution in [-0.4, -0.2) is 19.1 Å². The van der Waals surface area contributed by atoms with Crippen molar-refractivity contribution in [3.8, 4) is 11.5 Å². The van der Waals surface area contributed by atoms with Gasteiger partial charge in [-0.1, -0.05) is 0 Å². The van der Waals surface area contributed by atoms with Gasteiger partial charge in [0.25, 0.3) is 5.91 Å². The van der Waals surface area contributed by atoms with Crippen molar-refractivity contribution < 1.29 is 14.3 Å².